The van der Waals surface area contributed by atoms with Crippen molar-refractivity contribution in [3.8, 4) is 0 Å². The zero-order valence-electron chi connectivity index (χ0n) is 7.13. The molecule has 0 bridgehead atoms. The molecule has 1 aliphatic carbocycles. The van der Waals surface area contributed by atoms with Crippen molar-refractivity contribution in [1.29, 1.82) is 0 Å². The van der Waals surface area contributed by atoms with Crippen molar-refractivity contribution in [3.63, 3.8) is 0 Å². The van der Waals surface area contributed by atoms with E-state index in [4.69, 9.17) is 0 Å². The maximum Gasteiger partial charge on any atom is 0.338 e. The molecular formula is C8H14O3. The summed E-state index contributed by atoms with van der Waals surface area (Å²) >= 11 is 0. The van der Waals surface area contributed by atoms with Crippen LogP contribution in [0.2, 0.25) is 0 Å². The van der Waals surface area contributed by atoms with E-state index >= 15 is 0 Å². The zero-order chi connectivity index (χ0) is 8.65. The Hall–Kier alpha value is -0.570. The Bertz CT molecular complexity index is 178. The van der Waals surface area contributed by atoms with Crippen LogP contribution in [0.25, 0.3) is 0 Å². The van der Waals surface area contributed by atoms with Gasteiger partial charge in [0.1, 0.15) is 0 Å². The number of esters is 1. The van der Waals surface area contributed by atoms with Gasteiger partial charge in [0.15, 0.2) is 5.60 Å². The number of hydrogen-bond acceptors (Lipinski definition) is 3. The molecule has 0 saturated heterocycles. The quantitative estimate of drug-likeness (QED) is 0.567. The summed E-state index contributed by atoms with van der Waals surface area (Å²) in [5.41, 5.74) is -1.20. The van der Waals surface area contributed by atoms with Gasteiger partial charge in [0.05, 0.1) is 7.11 Å². The molecule has 1 rings (SSSR count). The molecule has 0 radical (unpaired) electrons. The number of carbonyl (C=O) groups excluding carboxylic acids is 1. The van der Waals surface area contributed by atoms with Gasteiger partial charge < -0.3 is 9.84 Å². The summed E-state index contributed by atoms with van der Waals surface area (Å²) in [5.74, 6) is -0.0582. The molecule has 0 heterocycles. The van der Waals surface area contributed by atoms with Gasteiger partial charge in [-0.05, 0) is 18.3 Å². The lowest BCUT2D eigenvalue weighted by Crippen LogP contribution is -2.57. The second-order valence-corrected chi connectivity index (χ2v) is 3.39. The average molecular weight is 158 g/mol. The monoisotopic (exact) mass is 158 g/mol. The third kappa shape index (κ3) is 1.03. The van der Waals surface area contributed by atoms with Crippen LogP contribution in [-0.4, -0.2) is 23.8 Å². The summed E-state index contributed by atoms with van der Waals surface area (Å²) in [5, 5.41) is 9.64. The lowest BCUT2D eigenvalue weighted by molar-refractivity contribution is -0.191. The molecule has 1 fully saturated rings. The molecule has 1 N–H and O–H groups in total. The van der Waals surface area contributed by atoms with Crippen LogP contribution >= 0.6 is 0 Å². The maximum atomic E-state index is 11.0. The van der Waals surface area contributed by atoms with E-state index < -0.39 is 11.6 Å². The second-order valence-electron chi connectivity index (χ2n) is 3.39. The van der Waals surface area contributed by atoms with Crippen LogP contribution in [0.3, 0.4) is 0 Å². The molecule has 0 spiro atoms. The Morgan fingerprint density at radius 3 is 2.45 bits per heavy atom. The van der Waals surface area contributed by atoms with E-state index in [9.17, 15) is 9.90 Å². The summed E-state index contributed by atoms with van der Waals surface area (Å²) in [6.07, 6.45) is 0.529. The van der Waals surface area contributed by atoms with E-state index in [0.29, 0.717) is 12.3 Å². The Labute approximate surface area is 66.4 Å². The molecule has 3 atom stereocenters. The van der Waals surface area contributed by atoms with Crippen LogP contribution < -0.4 is 0 Å². The predicted octanol–water partition coefficient (Wildman–Crippen LogP) is 0.566. The van der Waals surface area contributed by atoms with E-state index in [1.54, 1.807) is 0 Å². The summed E-state index contributed by atoms with van der Waals surface area (Å²) in [6.45, 7) is 3.88. The largest absolute Gasteiger partial charge is 0.467 e. The van der Waals surface area contributed by atoms with Gasteiger partial charge in [-0.1, -0.05) is 13.8 Å². The van der Waals surface area contributed by atoms with Gasteiger partial charge in [-0.15, -0.1) is 0 Å². The first-order chi connectivity index (χ1) is 5.02. The molecule has 0 aromatic rings. The lowest BCUT2D eigenvalue weighted by Gasteiger charge is -2.46. The Morgan fingerprint density at radius 1 is 1.64 bits per heavy atom. The summed E-state index contributed by atoms with van der Waals surface area (Å²) < 4.78 is 4.49. The molecule has 0 aliphatic heterocycles. The fourth-order valence-electron chi connectivity index (χ4n) is 1.61. The minimum Gasteiger partial charge on any atom is -0.467 e. The van der Waals surface area contributed by atoms with Gasteiger partial charge in [0.2, 0.25) is 0 Å². The minimum absolute atomic E-state index is 0.0231. The minimum atomic E-state index is -1.20. The average Bonchev–Trinajstić information content (AvgIpc) is 2.02. The molecule has 0 amide bonds. The Balaban J connectivity index is 2.64. The molecule has 3 unspecified atom stereocenters. The molecule has 11 heavy (non-hydrogen) atoms. The summed E-state index contributed by atoms with van der Waals surface area (Å²) in [4.78, 5) is 11.0. The van der Waals surface area contributed by atoms with Crippen LogP contribution in [0.1, 0.15) is 20.3 Å². The van der Waals surface area contributed by atoms with Gasteiger partial charge in [-0.3, -0.25) is 0 Å². The number of carbonyl (C=O) groups is 1. The third-order valence-corrected chi connectivity index (χ3v) is 2.78. The first kappa shape index (κ1) is 8.53. The molecule has 3 nitrogen and oxygen atoms in total. The topological polar surface area (TPSA) is 46.5 Å². The standard InChI is InChI=1S/C8H14O3/c1-5-4-8(10,6(5)2)7(9)11-3/h5-6,10H,4H2,1-3H3. The number of ether oxygens (including phenoxy) is 1. The van der Waals surface area contributed by atoms with Crippen LogP contribution in [0.4, 0.5) is 0 Å². The van der Waals surface area contributed by atoms with Crippen molar-refractivity contribution in [3.05, 3.63) is 0 Å². The fourth-order valence-corrected chi connectivity index (χ4v) is 1.61. The summed E-state index contributed by atoms with van der Waals surface area (Å²) in [7, 11) is 1.30. The summed E-state index contributed by atoms with van der Waals surface area (Å²) in [6, 6.07) is 0. The molecular weight excluding hydrogens is 144 g/mol. The molecule has 1 saturated carbocycles. The first-order valence-corrected chi connectivity index (χ1v) is 3.83. The van der Waals surface area contributed by atoms with Gasteiger partial charge in [0.25, 0.3) is 0 Å². The first-order valence-electron chi connectivity index (χ1n) is 3.83. The highest BCUT2D eigenvalue weighted by Crippen LogP contribution is 2.43. The third-order valence-electron chi connectivity index (χ3n) is 2.78. The van der Waals surface area contributed by atoms with Crippen LogP contribution in [0, 0.1) is 11.8 Å². The van der Waals surface area contributed by atoms with Gasteiger partial charge >= 0.3 is 5.97 Å². The molecule has 0 aromatic carbocycles. The van der Waals surface area contributed by atoms with Crippen molar-refractivity contribution in [1.82, 2.24) is 0 Å². The highest BCUT2D eigenvalue weighted by Gasteiger charge is 2.54. The maximum absolute atomic E-state index is 11.0. The second kappa shape index (κ2) is 2.48. The smallest absolute Gasteiger partial charge is 0.338 e. The van der Waals surface area contributed by atoms with Crippen LogP contribution in [0.5, 0.6) is 0 Å². The molecule has 1 aliphatic rings. The van der Waals surface area contributed by atoms with Crippen LogP contribution in [0.15, 0.2) is 0 Å². The Kier molecular flexibility index (Phi) is 1.92. The molecule has 0 aromatic heterocycles. The highest BCUT2D eigenvalue weighted by molar-refractivity contribution is 5.80. The predicted molar refractivity (Wildman–Crippen MR) is 39.9 cm³/mol. The van der Waals surface area contributed by atoms with E-state index in [0.717, 1.165) is 0 Å². The van der Waals surface area contributed by atoms with E-state index in [-0.39, 0.29) is 5.92 Å². The molecule has 64 valence electrons. The van der Waals surface area contributed by atoms with Gasteiger partial charge in [0, 0.05) is 0 Å². The number of methoxy groups -OCH3 is 1. The number of hydrogen-bond donors (Lipinski definition) is 1. The van der Waals surface area contributed by atoms with Crippen molar-refractivity contribution in [2.75, 3.05) is 7.11 Å². The zero-order valence-corrected chi connectivity index (χ0v) is 7.13. The van der Waals surface area contributed by atoms with Gasteiger partial charge in [-0.25, -0.2) is 4.79 Å². The SMILES string of the molecule is COC(=O)C1(O)CC(C)C1C. The highest BCUT2D eigenvalue weighted by atomic mass is 16.5. The van der Waals surface area contributed by atoms with E-state index in [2.05, 4.69) is 4.74 Å². The van der Waals surface area contributed by atoms with Crippen molar-refractivity contribution in [2.45, 2.75) is 25.9 Å². The normalized spacial score (nSPS) is 42.9. The van der Waals surface area contributed by atoms with E-state index in [1.165, 1.54) is 7.11 Å². The number of rotatable bonds is 1. The Morgan fingerprint density at radius 2 is 2.18 bits per heavy atom. The van der Waals surface area contributed by atoms with Crippen molar-refractivity contribution < 1.29 is 14.6 Å². The van der Waals surface area contributed by atoms with Crippen molar-refractivity contribution in [2.24, 2.45) is 11.8 Å². The van der Waals surface area contributed by atoms with Crippen molar-refractivity contribution >= 4 is 5.97 Å². The van der Waals surface area contributed by atoms with E-state index in [1.807, 2.05) is 13.8 Å². The van der Waals surface area contributed by atoms with Crippen LogP contribution in [-0.2, 0) is 9.53 Å². The fraction of sp³-hybridized carbons (Fsp3) is 0.875. The van der Waals surface area contributed by atoms with Gasteiger partial charge in [-0.2, -0.15) is 0 Å². The lowest BCUT2D eigenvalue weighted by atomic mass is 9.63. The number of aliphatic hydroxyl groups is 1. The molecule has 3 heteroatoms.